The van der Waals surface area contributed by atoms with Gasteiger partial charge in [-0.05, 0) is 42.8 Å². The molecule has 1 aliphatic rings. The van der Waals surface area contributed by atoms with Crippen LogP contribution in [0.1, 0.15) is 17.9 Å². The number of hydrogen-bond acceptors (Lipinski definition) is 3. The second-order valence-electron chi connectivity index (χ2n) is 5.32. The van der Waals surface area contributed by atoms with Crippen LogP contribution >= 0.6 is 23.2 Å². The Bertz CT molecular complexity index is 717. The molecule has 0 saturated carbocycles. The van der Waals surface area contributed by atoms with E-state index in [1.165, 1.54) is 0 Å². The predicted octanol–water partition coefficient (Wildman–Crippen LogP) is 3.21. The second kappa shape index (κ2) is 6.73. The summed E-state index contributed by atoms with van der Waals surface area (Å²) in [4.78, 5) is 14.2. The Morgan fingerprint density at radius 3 is 2.82 bits per heavy atom. The summed E-state index contributed by atoms with van der Waals surface area (Å²) in [5.74, 6) is 0.755. The molecule has 1 aromatic carbocycles. The number of rotatable bonds is 3. The number of hydrogen-bond donors (Lipinski definition) is 2. The van der Waals surface area contributed by atoms with Crippen LogP contribution in [0.3, 0.4) is 0 Å². The van der Waals surface area contributed by atoms with Crippen LogP contribution in [0.15, 0.2) is 41.3 Å². The maximum Gasteiger partial charge on any atom is 0.248 e. The summed E-state index contributed by atoms with van der Waals surface area (Å²) in [6.45, 7) is 1.60. The molecule has 1 aromatic heterocycles. The fourth-order valence-electron chi connectivity index (χ4n) is 2.76. The van der Waals surface area contributed by atoms with Crippen molar-refractivity contribution in [3.05, 3.63) is 62.5 Å². The standard InChI is InChI=1S/C16H16Cl2N2O2/c17-11-1-2-14(13(18)8-11)22-15-9-19-5-4-12(15)10-3-6-20-16(21)7-10/h1-3,6-8,12,15,19H,4-5,9H2,(H,20,21). The van der Waals surface area contributed by atoms with Crippen LogP contribution in [0.5, 0.6) is 5.75 Å². The van der Waals surface area contributed by atoms with Crippen LogP contribution in [0.4, 0.5) is 0 Å². The molecule has 2 aromatic rings. The lowest BCUT2D eigenvalue weighted by atomic mass is 9.88. The van der Waals surface area contributed by atoms with E-state index >= 15 is 0 Å². The number of ether oxygens (including phenoxy) is 1. The van der Waals surface area contributed by atoms with Crippen molar-refractivity contribution in [2.24, 2.45) is 0 Å². The molecule has 4 nitrogen and oxygen atoms in total. The molecule has 116 valence electrons. The molecule has 0 radical (unpaired) electrons. The summed E-state index contributed by atoms with van der Waals surface area (Å²) >= 11 is 12.1. The van der Waals surface area contributed by atoms with Gasteiger partial charge in [-0.1, -0.05) is 23.2 Å². The van der Waals surface area contributed by atoms with E-state index in [1.54, 1.807) is 30.5 Å². The number of halogens is 2. The number of aromatic amines is 1. The zero-order chi connectivity index (χ0) is 15.5. The monoisotopic (exact) mass is 338 g/mol. The average Bonchev–Trinajstić information content (AvgIpc) is 2.50. The van der Waals surface area contributed by atoms with E-state index in [-0.39, 0.29) is 17.6 Å². The van der Waals surface area contributed by atoms with Gasteiger partial charge in [-0.3, -0.25) is 4.79 Å². The van der Waals surface area contributed by atoms with Gasteiger partial charge in [-0.2, -0.15) is 0 Å². The van der Waals surface area contributed by atoms with Gasteiger partial charge in [0.2, 0.25) is 5.56 Å². The molecule has 1 saturated heterocycles. The maximum absolute atomic E-state index is 11.5. The van der Waals surface area contributed by atoms with Crippen LogP contribution in [0.2, 0.25) is 10.0 Å². The predicted molar refractivity (Wildman–Crippen MR) is 88.2 cm³/mol. The van der Waals surface area contributed by atoms with E-state index in [1.807, 2.05) is 6.07 Å². The smallest absolute Gasteiger partial charge is 0.248 e. The Labute approximate surface area is 138 Å². The van der Waals surface area contributed by atoms with Gasteiger partial charge in [0.25, 0.3) is 0 Å². The third kappa shape index (κ3) is 3.46. The van der Waals surface area contributed by atoms with Crippen molar-refractivity contribution in [1.29, 1.82) is 0 Å². The van der Waals surface area contributed by atoms with Gasteiger partial charge in [0, 0.05) is 29.7 Å². The first-order chi connectivity index (χ1) is 10.6. The van der Waals surface area contributed by atoms with E-state index in [2.05, 4.69) is 10.3 Å². The lowest BCUT2D eigenvalue weighted by molar-refractivity contribution is 0.142. The van der Waals surface area contributed by atoms with Crippen molar-refractivity contribution in [1.82, 2.24) is 10.3 Å². The number of piperidine rings is 1. The van der Waals surface area contributed by atoms with Crippen molar-refractivity contribution >= 4 is 23.2 Å². The van der Waals surface area contributed by atoms with Gasteiger partial charge in [-0.25, -0.2) is 0 Å². The summed E-state index contributed by atoms with van der Waals surface area (Å²) < 4.78 is 6.08. The van der Waals surface area contributed by atoms with Gasteiger partial charge < -0.3 is 15.0 Å². The molecular formula is C16H16Cl2N2O2. The normalized spacial score (nSPS) is 21.5. The van der Waals surface area contributed by atoms with Gasteiger partial charge in [-0.15, -0.1) is 0 Å². The SMILES string of the molecule is O=c1cc(C2CCNCC2Oc2ccc(Cl)cc2Cl)cc[nH]1. The maximum atomic E-state index is 11.5. The van der Waals surface area contributed by atoms with Crippen molar-refractivity contribution in [3.63, 3.8) is 0 Å². The minimum absolute atomic E-state index is 0.0887. The molecule has 22 heavy (non-hydrogen) atoms. The van der Waals surface area contributed by atoms with Crippen LogP contribution in [0, 0.1) is 0 Å². The lowest BCUT2D eigenvalue weighted by Crippen LogP contribution is -2.43. The highest BCUT2D eigenvalue weighted by Crippen LogP contribution is 2.33. The molecule has 0 amide bonds. The molecule has 1 fully saturated rings. The third-order valence-electron chi connectivity index (χ3n) is 3.83. The average molecular weight is 339 g/mol. The third-order valence-corrected chi connectivity index (χ3v) is 4.36. The largest absolute Gasteiger partial charge is 0.487 e. The zero-order valence-corrected chi connectivity index (χ0v) is 13.3. The van der Waals surface area contributed by atoms with Crippen LogP contribution in [-0.4, -0.2) is 24.2 Å². The number of aromatic nitrogens is 1. The van der Waals surface area contributed by atoms with Gasteiger partial charge in [0.1, 0.15) is 11.9 Å². The molecule has 1 aliphatic heterocycles. The Kier molecular flexibility index (Phi) is 4.71. The number of H-pyrrole nitrogens is 1. The molecular weight excluding hydrogens is 323 g/mol. The minimum Gasteiger partial charge on any atom is -0.487 e. The Morgan fingerprint density at radius 2 is 2.05 bits per heavy atom. The Balaban J connectivity index is 1.85. The van der Waals surface area contributed by atoms with Crippen molar-refractivity contribution < 1.29 is 4.74 Å². The first-order valence-electron chi connectivity index (χ1n) is 7.14. The Morgan fingerprint density at radius 1 is 1.18 bits per heavy atom. The summed E-state index contributed by atoms with van der Waals surface area (Å²) in [6, 6.07) is 8.75. The van der Waals surface area contributed by atoms with Crippen molar-refractivity contribution in [2.75, 3.05) is 13.1 Å². The molecule has 2 unspecified atom stereocenters. The molecule has 0 aliphatic carbocycles. The van der Waals surface area contributed by atoms with Gasteiger partial charge in [0.05, 0.1) is 5.02 Å². The fraction of sp³-hybridized carbons (Fsp3) is 0.312. The first-order valence-corrected chi connectivity index (χ1v) is 7.90. The van der Waals surface area contributed by atoms with Crippen LogP contribution < -0.4 is 15.6 Å². The highest BCUT2D eigenvalue weighted by molar-refractivity contribution is 6.35. The van der Waals surface area contributed by atoms with Crippen molar-refractivity contribution in [2.45, 2.75) is 18.4 Å². The summed E-state index contributed by atoms with van der Waals surface area (Å²) in [5, 5.41) is 4.38. The van der Waals surface area contributed by atoms with E-state index in [4.69, 9.17) is 27.9 Å². The highest BCUT2D eigenvalue weighted by Gasteiger charge is 2.28. The van der Waals surface area contributed by atoms with E-state index < -0.39 is 0 Å². The number of nitrogens with one attached hydrogen (secondary N) is 2. The lowest BCUT2D eigenvalue weighted by Gasteiger charge is -2.33. The quantitative estimate of drug-likeness (QED) is 0.903. The van der Waals surface area contributed by atoms with Crippen LogP contribution in [-0.2, 0) is 0 Å². The summed E-state index contributed by atoms with van der Waals surface area (Å²) in [7, 11) is 0. The number of pyridine rings is 1. The van der Waals surface area contributed by atoms with Gasteiger partial charge >= 0.3 is 0 Å². The zero-order valence-electron chi connectivity index (χ0n) is 11.8. The van der Waals surface area contributed by atoms with E-state index in [9.17, 15) is 4.79 Å². The fourth-order valence-corrected chi connectivity index (χ4v) is 3.21. The molecule has 2 heterocycles. The van der Waals surface area contributed by atoms with Crippen LogP contribution in [0.25, 0.3) is 0 Å². The molecule has 2 atom stereocenters. The minimum atomic E-state index is -0.0979. The molecule has 3 rings (SSSR count). The molecule has 6 heteroatoms. The van der Waals surface area contributed by atoms with E-state index in [0.717, 1.165) is 18.5 Å². The number of benzene rings is 1. The summed E-state index contributed by atoms with van der Waals surface area (Å²) in [6.07, 6.45) is 2.49. The van der Waals surface area contributed by atoms with Crippen molar-refractivity contribution in [3.8, 4) is 5.75 Å². The molecule has 0 bridgehead atoms. The molecule has 2 N–H and O–H groups in total. The van der Waals surface area contributed by atoms with Gasteiger partial charge in [0.15, 0.2) is 0 Å². The first kappa shape index (κ1) is 15.4. The summed E-state index contributed by atoms with van der Waals surface area (Å²) in [5.41, 5.74) is 0.889. The van der Waals surface area contributed by atoms with E-state index in [0.29, 0.717) is 22.3 Å². The topological polar surface area (TPSA) is 54.1 Å². The highest BCUT2D eigenvalue weighted by atomic mass is 35.5. The molecule has 0 spiro atoms. The second-order valence-corrected chi connectivity index (χ2v) is 6.16. The Hall–Kier alpha value is -1.49.